The van der Waals surface area contributed by atoms with Gasteiger partial charge in [0.1, 0.15) is 6.54 Å². The summed E-state index contributed by atoms with van der Waals surface area (Å²) in [4.78, 5) is 32.8. The van der Waals surface area contributed by atoms with Gasteiger partial charge in [-0.05, 0) is 74.2 Å². The van der Waals surface area contributed by atoms with Gasteiger partial charge >= 0.3 is 0 Å². The molecule has 2 amide bonds. The lowest BCUT2D eigenvalue weighted by atomic mass is 10.2. The number of nitrogens with one attached hydrogen (secondary N) is 1. The molecule has 1 saturated carbocycles. The summed E-state index contributed by atoms with van der Waals surface area (Å²) in [5.74, 6) is 0.297. The molecule has 6 nitrogen and oxygen atoms in total. The lowest BCUT2D eigenvalue weighted by molar-refractivity contribution is -0.117. The average molecular weight is 533 g/mol. The third kappa shape index (κ3) is 6.21. The molecule has 0 spiro atoms. The monoisotopic (exact) mass is 532 g/mol. The lowest BCUT2D eigenvalue weighted by Crippen LogP contribution is -2.39. The number of carbonyl (C=O) groups is 2. The second-order valence-electron chi connectivity index (χ2n) is 9.35. The van der Waals surface area contributed by atoms with Crippen molar-refractivity contribution in [1.29, 1.82) is 0 Å². The highest BCUT2D eigenvalue weighted by molar-refractivity contribution is 6.31. The number of amides is 2. The average Bonchev–Trinajstić information content (AvgIpc) is 3.62. The summed E-state index contributed by atoms with van der Waals surface area (Å²) in [6.07, 6.45) is 4.01. The minimum absolute atomic E-state index is 0.0744. The zero-order valence-electron chi connectivity index (χ0n) is 20.3. The molecule has 1 aliphatic rings. The predicted octanol–water partition coefficient (Wildman–Crippen LogP) is 6.65. The first-order chi connectivity index (χ1) is 17.9. The largest absolute Gasteiger partial charge is 0.329 e. The van der Waals surface area contributed by atoms with Crippen LogP contribution in [-0.2, 0) is 4.79 Å². The molecule has 0 unspecified atom stereocenters. The maximum atomic E-state index is 13.2. The van der Waals surface area contributed by atoms with E-state index in [9.17, 15) is 9.59 Å². The number of carbonyl (C=O) groups excluding carboxylic acids is 2. The van der Waals surface area contributed by atoms with Gasteiger partial charge in [-0.1, -0.05) is 53.0 Å². The number of imidazole rings is 1. The third-order valence-corrected chi connectivity index (χ3v) is 6.80. The van der Waals surface area contributed by atoms with Gasteiger partial charge in [-0.25, -0.2) is 4.98 Å². The molecule has 1 aromatic heterocycles. The highest BCUT2D eigenvalue weighted by atomic mass is 35.5. The van der Waals surface area contributed by atoms with Crippen molar-refractivity contribution >= 4 is 41.0 Å². The van der Waals surface area contributed by atoms with Gasteiger partial charge in [0.15, 0.2) is 0 Å². The van der Waals surface area contributed by atoms with Gasteiger partial charge < -0.3 is 4.90 Å². The van der Waals surface area contributed by atoms with Crippen LogP contribution in [0.3, 0.4) is 0 Å². The predicted molar refractivity (Wildman–Crippen MR) is 147 cm³/mol. The van der Waals surface area contributed by atoms with Crippen molar-refractivity contribution in [3.63, 3.8) is 0 Å². The molecule has 1 heterocycles. The molecule has 1 fully saturated rings. The zero-order valence-corrected chi connectivity index (χ0v) is 21.8. The van der Waals surface area contributed by atoms with E-state index in [2.05, 4.69) is 5.32 Å². The van der Waals surface area contributed by atoms with E-state index >= 15 is 0 Å². The van der Waals surface area contributed by atoms with Crippen molar-refractivity contribution < 1.29 is 9.59 Å². The van der Waals surface area contributed by atoms with Gasteiger partial charge in [0.25, 0.3) is 5.91 Å². The summed E-state index contributed by atoms with van der Waals surface area (Å²) in [6.45, 7) is 2.48. The smallest absolute Gasteiger partial charge is 0.254 e. The van der Waals surface area contributed by atoms with E-state index in [1.807, 2.05) is 54.1 Å². The Hall–Kier alpha value is -3.61. The van der Waals surface area contributed by atoms with Crippen LogP contribution < -0.4 is 5.32 Å². The first-order valence-corrected chi connectivity index (χ1v) is 12.9. The zero-order chi connectivity index (χ0) is 25.9. The SMILES string of the molecule is Cc1ccc(-n2cc(-c3ccc(Cl)cc3)nc2NC(=O)CN(CC2CC2)C(=O)c2ccc(Cl)cc2)cc1. The lowest BCUT2D eigenvalue weighted by Gasteiger charge is -2.22. The summed E-state index contributed by atoms with van der Waals surface area (Å²) < 4.78 is 1.84. The van der Waals surface area contributed by atoms with Crippen LogP contribution in [0.1, 0.15) is 28.8 Å². The van der Waals surface area contributed by atoms with Gasteiger partial charge in [0.2, 0.25) is 11.9 Å². The fraction of sp³-hybridized carbons (Fsp3) is 0.207. The molecule has 0 bridgehead atoms. The molecule has 5 rings (SSSR count). The fourth-order valence-corrected chi connectivity index (χ4v) is 4.33. The molecule has 0 aliphatic heterocycles. The molecule has 0 saturated heterocycles. The summed E-state index contributed by atoms with van der Waals surface area (Å²) >= 11 is 12.0. The minimum Gasteiger partial charge on any atom is -0.329 e. The Morgan fingerprint density at radius 2 is 1.57 bits per heavy atom. The molecule has 188 valence electrons. The molecule has 1 N–H and O–H groups in total. The van der Waals surface area contributed by atoms with Crippen LogP contribution in [0.2, 0.25) is 10.0 Å². The summed E-state index contributed by atoms with van der Waals surface area (Å²) in [7, 11) is 0. The number of aryl methyl sites for hydroxylation is 1. The van der Waals surface area contributed by atoms with E-state index in [0.717, 1.165) is 29.7 Å². The van der Waals surface area contributed by atoms with Crippen molar-refractivity contribution in [2.45, 2.75) is 19.8 Å². The molecular weight excluding hydrogens is 507 g/mol. The number of hydrogen-bond donors (Lipinski definition) is 1. The summed E-state index contributed by atoms with van der Waals surface area (Å²) in [5.41, 5.74) is 4.06. The second kappa shape index (κ2) is 10.8. The number of hydrogen-bond acceptors (Lipinski definition) is 3. The van der Waals surface area contributed by atoms with E-state index in [1.54, 1.807) is 41.3 Å². The van der Waals surface area contributed by atoms with Gasteiger partial charge in [-0.15, -0.1) is 0 Å². The maximum Gasteiger partial charge on any atom is 0.254 e. The van der Waals surface area contributed by atoms with Crippen LogP contribution in [0.25, 0.3) is 16.9 Å². The van der Waals surface area contributed by atoms with Gasteiger partial charge in [-0.2, -0.15) is 0 Å². The van der Waals surface area contributed by atoms with E-state index < -0.39 is 0 Å². The van der Waals surface area contributed by atoms with Crippen LogP contribution in [0.4, 0.5) is 5.95 Å². The number of rotatable bonds is 8. The topological polar surface area (TPSA) is 67.2 Å². The summed E-state index contributed by atoms with van der Waals surface area (Å²) in [5, 5.41) is 4.13. The van der Waals surface area contributed by atoms with Crippen molar-refractivity contribution in [1.82, 2.24) is 14.5 Å². The van der Waals surface area contributed by atoms with Crippen LogP contribution in [0.15, 0.2) is 79.0 Å². The highest BCUT2D eigenvalue weighted by Gasteiger charge is 2.29. The fourth-order valence-electron chi connectivity index (χ4n) is 4.07. The third-order valence-electron chi connectivity index (χ3n) is 6.30. The number of anilines is 1. The Balaban J connectivity index is 1.40. The molecule has 0 atom stereocenters. The summed E-state index contributed by atoms with van der Waals surface area (Å²) in [6, 6.07) is 22.1. The van der Waals surface area contributed by atoms with Crippen LogP contribution in [0.5, 0.6) is 0 Å². The van der Waals surface area contributed by atoms with Gasteiger partial charge in [0.05, 0.1) is 5.69 Å². The molecule has 37 heavy (non-hydrogen) atoms. The molecule has 1 aliphatic carbocycles. The normalized spacial score (nSPS) is 12.8. The van der Waals surface area contributed by atoms with E-state index in [1.165, 1.54) is 0 Å². The molecular formula is C29H26Cl2N4O2. The Labute approximate surface area is 225 Å². The first kappa shape index (κ1) is 25.1. The Bertz CT molecular complexity index is 1410. The van der Waals surface area contributed by atoms with Crippen molar-refractivity contribution in [3.05, 3.63) is 100 Å². The Morgan fingerprint density at radius 3 is 2.19 bits per heavy atom. The van der Waals surface area contributed by atoms with E-state index in [4.69, 9.17) is 28.2 Å². The van der Waals surface area contributed by atoms with Crippen molar-refractivity contribution in [3.8, 4) is 16.9 Å². The quantitative estimate of drug-likeness (QED) is 0.276. The van der Waals surface area contributed by atoms with E-state index in [0.29, 0.717) is 39.7 Å². The van der Waals surface area contributed by atoms with Crippen LogP contribution >= 0.6 is 23.2 Å². The number of aromatic nitrogens is 2. The highest BCUT2D eigenvalue weighted by Crippen LogP contribution is 2.30. The van der Waals surface area contributed by atoms with Gasteiger partial charge in [-0.3, -0.25) is 19.5 Å². The van der Waals surface area contributed by atoms with E-state index in [-0.39, 0.29) is 18.4 Å². The van der Waals surface area contributed by atoms with Crippen molar-refractivity contribution in [2.75, 3.05) is 18.4 Å². The number of nitrogens with zero attached hydrogens (tertiary/aromatic N) is 3. The number of halogens is 2. The molecule has 4 aromatic rings. The van der Waals surface area contributed by atoms with Crippen molar-refractivity contribution in [2.24, 2.45) is 5.92 Å². The van der Waals surface area contributed by atoms with Crippen LogP contribution in [0, 0.1) is 12.8 Å². The first-order valence-electron chi connectivity index (χ1n) is 12.1. The molecule has 8 heteroatoms. The molecule has 3 aromatic carbocycles. The number of benzene rings is 3. The Morgan fingerprint density at radius 1 is 0.946 bits per heavy atom. The van der Waals surface area contributed by atoms with Gasteiger partial charge in [0, 0.05) is 39.6 Å². The molecule has 0 radical (unpaired) electrons. The standard InChI is InChI=1S/C29H26Cl2N4O2/c1-19-2-14-25(15-3-19)35-17-26(21-6-10-23(30)11-7-21)32-29(35)33-27(36)18-34(16-20-4-5-20)28(37)22-8-12-24(31)13-9-22/h2-3,6-15,17,20H,4-5,16,18H2,1H3,(H,32,33,36). The van der Waals surface area contributed by atoms with Crippen LogP contribution in [-0.4, -0.2) is 39.4 Å². The Kier molecular flexibility index (Phi) is 7.31. The second-order valence-corrected chi connectivity index (χ2v) is 10.2. The minimum atomic E-state index is -0.315. The maximum absolute atomic E-state index is 13.2.